The van der Waals surface area contributed by atoms with Gasteiger partial charge in [0.2, 0.25) is 0 Å². The topological polar surface area (TPSA) is 26.0 Å². The van der Waals surface area contributed by atoms with Crippen molar-refractivity contribution in [3.8, 4) is 0 Å². The van der Waals surface area contributed by atoms with E-state index in [4.69, 9.17) is 5.73 Å². The molecule has 2 atom stereocenters. The average Bonchev–Trinajstić information content (AvgIpc) is 2.59. The highest BCUT2D eigenvalue weighted by atomic mass is 19.1. The van der Waals surface area contributed by atoms with Crippen LogP contribution >= 0.6 is 0 Å². The lowest BCUT2D eigenvalue weighted by atomic mass is 9.89. The van der Waals surface area contributed by atoms with Crippen molar-refractivity contribution in [3.05, 3.63) is 35.1 Å². The maximum atomic E-state index is 12.9. The van der Waals surface area contributed by atoms with E-state index < -0.39 is 0 Å². The molecule has 2 unspecified atom stereocenters. The predicted octanol–water partition coefficient (Wildman–Crippen LogP) is 2.45. The van der Waals surface area contributed by atoms with Crippen LogP contribution in [-0.2, 0) is 6.42 Å². The van der Waals surface area contributed by atoms with Crippen LogP contribution in [0.3, 0.4) is 0 Å². The number of hydrogen-bond donors (Lipinski definition) is 1. The van der Waals surface area contributed by atoms with E-state index in [2.05, 4.69) is 6.92 Å². The average molecular weight is 193 g/mol. The van der Waals surface area contributed by atoms with Crippen molar-refractivity contribution >= 4 is 0 Å². The van der Waals surface area contributed by atoms with E-state index in [0.717, 1.165) is 12.8 Å². The fourth-order valence-electron chi connectivity index (χ4n) is 2.37. The van der Waals surface area contributed by atoms with Crippen LogP contribution in [0.5, 0.6) is 0 Å². The molecule has 2 heteroatoms. The minimum Gasteiger partial charge on any atom is -0.330 e. The molecule has 2 N–H and O–H groups in total. The van der Waals surface area contributed by atoms with Crippen molar-refractivity contribution in [2.45, 2.75) is 25.7 Å². The Morgan fingerprint density at radius 3 is 3.07 bits per heavy atom. The second kappa shape index (κ2) is 3.70. The molecule has 0 heterocycles. The maximum Gasteiger partial charge on any atom is 0.123 e. The van der Waals surface area contributed by atoms with Crippen LogP contribution in [-0.4, -0.2) is 6.54 Å². The summed E-state index contributed by atoms with van der Waals surface area (Å²) in [7, 11) is 0. The predicted molar refractivity (Wildman–Crippen MR) is 55.7 cm³/mol. The zero-order valence-corrected chi connectivity index (χ0v) is 8.46. The van der Waals surface area contributed by atoms with Gasteiger partial charge in [0.1, 0.15) is 5.82 Å². The second-order valence-electron chi connectivity index (χ2n) is 4.20. The Balaban J connectivity index is 2.31. The lowest BCUT2D eigenvalue weighted by Gasteiger charge is -2.18. The van der Waals surface area contributed by atoms with Crippen LogP contribution in [0.2, 0.25) is 0 Å². The fraction of sp³-hybridized carbons (Fsp3) is 0.500. The van der Waals surface area contributed by atoms with Gasteiger partial charge in [-0.25, -0.2) is 4.39 Å². The first-order valence-corrected chi connectivity index (χ1v) is 5.20. The van der Waals surface area contributed by atoms with Crippen LogP contribution in [0.1, 0.15) is 30.4 Å². The van der Waals surface area contributed by atoms with Crippen molar-refractivity contribution in [3.63, 3.8) is 0 Å². The Bertz CT molecular complexity index is 335. The lowest BCUT2D eigenvalue weighted by Crippen LogP contribution is -2.17. The second-order valence-corrected chi connectivity index (χ2v) is 4.20. The third-order valence-electron chi connectivity index (χ3n) is 3.29. The highest BCUT2D eigenvalue weighted by Crippen LogP contribution is 2.38. The summed E-state index contributed by atoms with van der Waals surface area (Å²) in [6, 6.07) is 5.15. The van der Waals surface area contributed by atoms with Gasteiger partial charge in [-0.2, -0.15) is 0 Å². The Kier molecular flexibility index (Phi) is 2.55. The van der Waals surface area contributed by atoms with Gasteiger partial charge in [-0.05, 0) is 54.5 Å². The maximum absolute atomic E-state index is 12.9. The van der Waals surface area contributed by atoms with Crippen LogP contribution in [0.15, 0.2) is 18.2 Å². The summed E-state index contributed by atoms with van der Waals surface area (Å²) in [4.78, 5) is 0. The van der Waals surface area contributed by atoms with E-state index in [0.29, 0.717) is 18.4 Å². The highest BCUT2D eigenvalue weighted by Gasteiger charge is 2.26. The Morgan fingerprint density at radius 2 is 2.36 bits per heavy atom. The van der Waals surface area contributed by atoms with Crippen molar-refractivity contribution < 1.29 is 4.39 Å². The number of nitrogens with two attached hydrogens (primary N) is 1. The summed E-state index contributed by atoms with van der Waals surface area (Å²) in [5.41, 5.74) is 8.15. The van der Waals surface area contributed by atoms with Crippen molar-refractivity contribution in [1.29, 1.82) is 0 Å². The number of hydrogen-bond acceptors (Lipinski definition) is 1. The molecule has 1 aromatic rings. The standard InChI is InChI=1S/C12H16FN/c1-8(7-14)11-4-2-9-6-10(13)3-5-12(9)11/h3,5-6,8,11H,2,4,7,14H2,1H3. The molecular weight excluding hydrogens is 177 g/mol. The minimum absolute atomic E-state index is 0.121. The smallest absolute Gasteiger partial charge is 0.123 e. The first-order valence-electron chi connectivity index (χ1n) is 5.20. The first kappa shape index (κ1) is 9.66. The third kappa shape index (κ3) is 1.55. The molecule has 0 bridgehead atoms. The van der Waals surface area contributed by atoms with Crippen LogP contribution < -0.4 is 5.73 Å². The van der Waals surface area contributed by atoms with E-state index in [1.165, 1.54) is 11.1 Å². The molecule has 2 rings (SSSR count). The molecule has 0 aromatic heterocycles. The Labute approximate surface area is 84.1 Å². The summed E-state index contributed by atoms with van der Waals surface area (Å²) >= 11 is 0. The highest BCUT2D eigenvalue weighted by molar-refractivity contribution is 5.35. The molecule has 76 valence electrons. The molecule has 1 aliphatic carbocycles. The first-order chi connectivity index (χ1) is 6.72. The minimum atomic E-state index is -0.121. The van der Waals surface area contributed by atoms with Gasteiger partial charge < -0.3 is 5.73 Å². The van der Waals surface area contributed by atoms with E-state index in [1.807, 2.05) is 6.07 Å². The number of halogens is 1. The molecular formula is C12H16FN. The SMILES string of the molecule is CC(CN)C1CCc2cc(F)ccc21. The third-order valence-corrected chi connectivity index (χ3v) is 3.29. The Morgan fingerprint density at radius 1 is 1.57 bits per heavy atom. The van der Waals surface area contributed by atoms with E-state index in [1.54, 1.807) is 12.1 Å². The van der Waals surface area contributed by atoms with Crippen molar-refractivity contribution in [1.82, 2.24) is 0 Å². The number of aryl methyl sites for hydroxylation is 1. The van der Waals surface area contributed by atoms with Crippen molar-refractivity contribution in [2.24, 2.45) is 11.7 Å². The van der Waals surface area contributed by atoms with Gasteiger partial charge in [-0.3, -0.25) is 0 Å². The number of benzene rings is 1. The zero-order valence-electron chi connectivity index (χ0n) is 8.46. The Hall–Kier alpha value is -0.890. The van der Waals surface area contributed by atoms with Gasteiger partial charge in [0.15, 0.2) is 0 Å². The van der Waals surface area contributed by atoms with E-state index in [9.17, 15) is 4.39 Å². The fourth-order valence-corrected chi connectivity index (χ4v) is 2.37. The molecule has 1 aromatic carbocycles. The van der Waals surface area contributed by atoms with E-state index >= 15 is 0 Å². The summed E-state index contributed by atoms with van der Waals surface area (Å²) in [5.74, 6) is 0.919. The quantitative estimate of drug-likeness (QED) is 0.767. The van der Waals surface area contributed by atoms with Gasteiger partial charge in [-0.1, -0.05) is 13.0 Å². The van der Waals surface area contributed by atoms with Gasteiger partial charge in [-0.15, -0.1) is 0 Å². The normalized spacial score (nSPS) is 22.1. The van der Waals surface area contributed by atoms with Gasteiger partial charge >= 0.3 is 0 Å². The summed E-state index contributed by atoms with van der Waals surface area (Å²) < 4.78 is 12.9. The van der Waals surface area contributed by atoms with Gasteiger partial charge in [0.25, 0.3) is 0 Å². The lowest BCUT2D eigenvalue weighted by molar-refractivity contribution is 0.466. The molecule has 0 spiro atoms. The molecule has 14 heavy (non-hydrogen) atoms. The number of rotatable bonds is 2. The molecule has 0 fully saturated rings. The summed E-state index contributed by atoms with van der Waals surface area (Å²) in [5, 5.41) is 0. The molecule has 0 saturated carbocycles. The van der Waals surface area contributed by atoms with E-state index in [-0.39, 0.29) is 5.82 Å². The molecule has 0 amide bonds. The molecule has 0 radical (unpaired) electrons. The van der Waals surface area contributed by atoms with Crippen LogP contribution in [0.4, 0.5) is 4.39 Å². The molecule has 1 aliphatic rings. The van der Waals surface area contributed by atoms with Gasteiger partial charge in [0, 0.05) is 0 Å². The summed E-state index contributed by atoms with van der Waals surface area (Å²) in [6.07, 6.45) is 2.12. The molecule has 1 nitrogen and oxygen atoms in total. The monoisotopic (exact) mass is 193 g/mol. The summed E-state index contributed by atoms with van der Waals surface area (Å²) in [6.45, 7) is 2.88. The number of fused-ring (bicyclic) bond motifs is 1. The van der Waals surface area contributed by atoms with Crippen LogP contribution in [0.25, 0.3) is 0 Å². The van der Waals surface area contributed by atoms with Crippen molar-refractivity contribution in [2.75, 3.05) is 6.54 Å². The van der Waals surface area contributed by atoms with Crippen LogP contribution in [0, 0.1) is 11.7 Å². The zero-order chi connectivity index (χ0) is 10.1. The van der Waals surface area contributed by atoms with Gasteiger partial charge in [0.05, 0.1) is 0 Å². The molecule has 0 aliphatic heterocycles. The largest absolute Gasteiger partial charge is 0.330 e. The molecule has 0 saturated heterocycles.